The molecular weight excluding hydrogens is 394 g/mol. The van der Waals surface area contributed by atoms with Gasteiger partial charge in [0.2, 0.25) is 0 Å². The molecule has 28 heavy (non-hydrogen) atoms. The Morgan fingerprint density at radius 1 is 1.32 bits per heavy atom. The van der Waals surface area contributed by atoms with Gasteiger partial charge >= 0.3 is 0 Å². The van der Waals surface area contributed by atoms with Crippen LogP contribution in [0.3, 0.4) is 0 Å². The Morgan fingerprint density at radius 3 is 2.82 bits per heavy atom. The molecule has 0 radical (unpaired) electrons. The number of rotatable bonds is 8. The van der Waals surface area contributed by atoms with Gasteiger partial charge in [0.05, 0.1) is 17.1 Å². The van der Waals surface area contributed by atoms with E-state index in [9.17, 15) is 4.79 Å². The first-order chi connectivity index (χ1) is 13.5. The molecule has 2 N–H and O–H groups in total. The van der Waals surface area contributed by atoms with E-state index in [4.69, 9.17) is 16.3 Å². The van der Waals surface area contributed by atoms with E-state index in [2.05, 4.69) is 15.3 Å². The van der Waals surface area contributed by atoms with Crippen LogP contribution in [0, 0.1) is 6.92 Å². The monoisotopic (exact) mass is 417 g/mol. The molecule has 148 valence electrons. The van der Waals surface area contributed by atoms with Gasteiger partial charge in [-0.15, -0.1) is 0 Å². The molecule has 1 aromatic heterocycles. The van der Waals surface area contributed by atoms with Crippen molar-refractivity contribution in [1.82, 2.24) is 15.3 Å². The Hall–Kier alpha value is -2.18. The standard InChI is InChI=1S/C21H24ClN3O2S/c1-13-12-15(22)8-9-19(13)27-14(2)21(26)25-18(10-11-28-3)20-23-16-6-4-5-7-17(16)24-20/h4-9,12,14,18H,10-11H2,1-3H3,(H,23,24)(H,25,26)/t14-,18+/m1/s1. The Kier molecular flexibility index (Phi) is 6.86. The number of amides is 1. The number of nitrogens with one attached hydrogen (secondary N) is 2. The van der Waals surface area contributed by atoms with Crippen LogP contribution in [0.15, 0.2) is 42.5 Å². The molecule has 0 aliphatic heterocycles. The van der Waals surface area contributed by atoms with Crippen molar-refractivity contribution < 1.29 is 9.53 Å². The summed E-state index contributed by atoms with van der Waals surface area (Å²) in [6.45, 7) is 3.65. The number of carbonyl (C=O) groups is 1. The molecule has 1 amide bonds. The number of hydrogen-bond donors (Lipinski definition) is 2. The molecule has 0 unspecified atom stereocenters. The van der Waals surface area contributed by atoms with Crippen molar-refractivity contribution in [3.8, 4) is 5.75 Å². The number of aryl methyl sites for hydroxylation is 1. The first-order valence-corrected chi connectivity index (χ1v) is 10.9. The lowest BCUT2D eigenvalue weighted by molar-refractivity contribution is -0.128. The predicted molar refractivity (Wildman–Crippen MR) is 116 cm³/mol. The van der Waals surface area contributed by atoms with E-state index in [0.29, 0.717) is 10.8 Å². The van der Waals surface area contributed by atoms with E-state index in [0.717, 1.165) is 34.6 Å². The summed E-state index contributed by atoms with van der Waals surface area (Å²) < 4.78 is 5.86. The number of fused-ring (bicyclic) bond motifs is 1. The fourth-order valence-electron chi connectivity index (χ4n) is 2.93. The summed E-state index contributed by atoms with van der Waals surface area (Å²) in [5.74, 6) is 2.14. The topological polar surface area (TPSA) is 67.0 Å². The molecule has 7 heteroatoms. The molecular formula is C21H24ClN3O2S. The van der Waals surface area contributed by atoms with E-state index in [1.807, 2.05) is 43.5 Å². The Labute approximate surface area is 174 Å². The summed E-state index contributed by atoms with van der Waals surface area (Å²) in [6.07, 6.45) is 2.19. The third kappa shape index (κ3) is 5.00. The van der Waals surface area contributed by atoms with Crippen LogP contribution in [0.5, 0.6) is 5.75 Å². The molecule has 0 fully saturated rings. The van der Waals surface area contributed by atoms with Gasteiger partial charge in [-0.25, -0.2) is 4.98 Å². The Morgan fingerprint density at radius 2 is 2.11 bits per heavy atom. The van der Waals surface area contributed by atoms with E-state index in [1.54, 1.807) is 30.8 Å². The summed E-state index contributed by atoms with van der Waals surface area (Å²) in [6, 6.07) is 13.0. The minimum absolute atomic E-state index is 0.180. The molecule has 0 saturated carbocycles. The molecule has 2 aromatic carbocycles. The van der Waals surface area contributed by atoms with Crippen molar-refractivity contribution in [2.24, 2.45) is 0 Å². The average Bonchev–Trinajstić information content (AvgIpc) is 3.11. The summed E-state index contributed by atoms with van der Waals surface area (Å²) in [7, 11) is 0. The first kappa shape index (κ1) is 20.6. The zero-order valence-corrected chi connectivity index (χ0v) is 17.7. The fourth-order valence-corrected chi connectivity index (χ4v) is 3.63. The van der Waals surface area contributed by atoms with Crippen LogP contribution in [0.4, 0.5) is 0 Å². The summed E-state index contributed by atoms with van der Waals surface area (Å²) >= 11 is 7.72. The van der Waals surface area contributed by atoms with Crippen molar-refractivity contribution in [2.75, 3.05) is 12.0 Å². The van der Waals surface area contributed by atoms with Crippen LogP contribution in [0.2, 0.25) is 5.02 Å². The number of thioether (sulfide) groups is 1. The lowest BCUT2D eigenvalue weighted by Crippen LogP contribution is -2.39. The van der Waals surface area contributed by atoms with Crippen LogP contribution in [-0.2, 0) is 4.79 Å². The molecule has 3 rings (SSSR count). The number of carbonyl (C=O) groups excluding carboxylic acids is 1. The van der Waals surface area contributed by atoms with Crippen LogP contribution < -0.4 is 10.1 Å². The maximum absolute atomic E-state index is 12.8. The van der Waals surface area contributed by atoms with Crippen molar-refractivity contribution in [3.63, 3.8) is 0 Å². The number of halogens is 1. The van der Waals surface area contributed by atoms with Gasteiger partial charge in [-0.3, -0.25) is 4.79 Å². The second-order valence-electron chi connectivity index (χ2n) is 6.65. The van der Waals surface area contributed by atoms with E-state index >= 15 is 0 Å². The predicted octanol–water partition coefficient (Wildman–Crippen LogP) is 4.90. The molecule has 2 atom stereocenters. The Balaban J connectivity index is 1.73. The lowest BCUT2D eigenvalue weighted by atomic mass is 10.2. The number of ether oxygens (including phenoxy) is 1. The highest BCUT2D eigenvalue weighted by Gasteiger charge is 2.23. The lowest BCUT2D eigenvalue weighted by Gasteiger charge is -2.21. The minimum atomic E-state index is -0.638. The number of benzene rings is 2. The van der Waals surface area contributed by atoms with Crippen molar-refractivity contribution in [3.05, 3.63) is 58.9 Å². The molecule has 0 bridgehead atoms. The van der Waals surface area contributed by atoms with Crippen molar-refractivity contribution in [1.29, 1.82) is 0 Å². The summed E-state index contributed by atoms with van der Waals surface area (Å²) in [5, 5.41) is 3.73. The quantitative estimate of drug-likeness (QED) is 0.546. The maximum Gasteiger partial charge on any atom is 0.261 e. The number of para-hydroxylation sites is 2. The molecule has 3 aromatic rings. The smallest absolute Gasteiger partial charge is 0.261 e. The number of nitrogens with zero attached hydrogens (tertiary/aromatic N) is 1. The summed E-state index contributed by atoms with van der Waals surface area (Å²) in [4.78, 5) is 20.8. The number of aromatic nitrogens is 2. The molecule has 1 heterocycles. The second-order valence-corrected chi connectivity index (χ2v) is 8.07. The first-order valence-electron chi connectivity index (χ1n) is 9.14. The van der Waals surface area contributed by atoms with Crippen LogP contribution in [-0.4, -0.2) is 34.0 Å². The van der Waals surface area contributed by atoms with Gasteiger partial charge in [-0.2, -0.15) is 11.8 Å². The molecule has 0 aliphatic carbocycles. The highest BCUT2D eigenvalue weighted by Crippen LogP contribution is 2.24. The second kappa shape index (κ2) is 9.34. The Bertz CT molecular complexity index is 927. The number of aromatic amines is 1. The van der Waals surface area contributed by atoms with Gasteiger partial charge < -0.3 is 15.0 Å². The van der Waals surface area contributed by atoms with E-state index in [1.165, 1.54) is 0 Å². The van der Waals surface area contributed by atoms with E-state index < -0.39 is 6.10 Å². The zero-order valence-electron chi connectivity index (χ0n) is 16.2. The molecule has 0 saturated heterocycles. The normalized spacial score (nSPS) is 13.3. The SMILES string of the molecule is CSCC[C@H](NC(=O)[C@@H](C)Oc1ccc(Cl)cc1C)c1nc2ccccc2[nH]1. The average molecular weight is 418 g/mol. The number of hydrogen-bond acceptors (Lipinski definition) is 4. The third-order valence-electron chi connectivity index (χ3n) is 4.47. The largest absolute Gasteiger partial charge is 0.481 e. The minimum Gasteiger partial charge on any atom is -0.481 e. The third-order valence-corrected chi connectivity index (χ3v) is 5.35. The maximum atomic E-state index is 12.8. The van der Waals surface area contributed by atoms with Crippen LogP contribution in [0.1, 0.15) is 30.8 Å². The van der Waals surface area contributed by atoms with Gasteiger partial charge in [0.25, 0.3) is 5.91 Å². The number of H-pyrrole nitrogens is 1. The van der Waals surface area contributed by atoms with Gasteiger partial charge in [-0.05, 0) is 68.2 Å². The molecule has 0 aliphatic rings. The zero-order chi connectivity index (χ0) is 20.1. The highest BCUT2D eigenvalue weighted by molar-refractivity contribution is 7.98. The number of imidazole rings is 1. The van der Waals surface area contributed by atoms with Crippen molar-refractivity contribution >= 4 is 40.3 Å². The van der Waals surface area contributed by atoms with Gasteiger partial charge in [0.15, 0.2) is 6.10 Å². The van der Waals surface area contributed by atoms with Crippen molar-refractivity contribution in [2.45, 2.75) is 32.4 Å². The van der Waals surface area contributed by atoms with Crippen LogP contribution >= 0.6 is 23.4 Å². The van der Waals surface area contributed by atoms with Gasteiger partial charge in [-0.1, -0.05) is 23.7 Å². The summed E-state index contributed by atoms with van der Waals surface area (Å²) in [5.41, 5.74) is 2.74. The fraction of sp³-hybridized carbons (Fsp3) is 0.333. The molecule has 5 nitrogen and oxygen atoms in total. The highest BCUT2D eigenvalue weighted by atomic mass is 35.5. The van der Waals surface area contributed by atoms with Gasteiger partial charge in [0, 0.05) is 5.02 Å². The molecule has 0 spiro atoms. The van der Waals surface area contributed by atoms with E-state index in [-0.39, 0.29) is 11.9 Å². The van der Waals surface area contributed by atoms with Crippen LogP contribution in [0.25, 0.3) is 11.0 Å². The van der Waals surface area contributed by atoms with Gasteiger partial charge in [0.1, 0.15) is 11.6 Å².